The molecule has 0 atom stereocenters. The molecular formula is C16H23ClN2OS. The zero-order valence-electron chi connectivity index (χ0n) is 12.5. The second kappa shape index (κ2) is 7.95. The molecule has 1 amide bonds. The van der Waals surface area contributed by atoms with E-state index in [4.69, 9.17) is 17.3 Å². The van der Waals surface area contributed by atoms with Gasteiger partial charge in [-0.2, -0.15) is 0 Å². The Morgan fingerprint density at radius 3 is 2.71 bits per heavy atom. The number of amides is 1. The average molecular weight is 327 g/mol. The van der Waals surface area contributed by atoms with Crippen LogP contribution in [-0.4, -0.2) is 29.1 Å². The van der Waals surface area contributed by atoms with Crippen molar-refractivity contribution in [2.75, 3.05) is 18.0 Å². The lowest BCUT2D eigenvalue weighted by atomic mass is 9.94. The third kappa shape index (κ3) is 4.30. The van der Waals surface area contributed by atoms with Crippen molar-refractivity contribution in [2.45, 2.75) is 50.0 Å². The smallest absolute Gasteiger partial charge is 0.233 e. The van der Waals surface area contributed by atoms with Crippen molar-refractivity contribution in [3.05, 3.63) is 23.2 Å². The van der Waals surface area contributed by atoms with Crippen LogP contribution in [0.3, 0.4) is 0 Å². The molecule has 1 aliphatic rings. The Kier molecular flexibility index (Phi) is 6.24. The van der Waals surface area contributed by atoms with Crippen LogP contribution in [0.25, 0.3) is 0 Å². The minimum absolute atomic E-state index is 0.189. The lowest BCUT2D eigenvalue weighted by Crippen LogP contribution is -2.42. The van der Waals surface area contributed by atoms with Gasteiger partial charge in [-0.1, -0.05) is 36.9 Å². The van der Waals surface area contributed by atoms with Crippen LogP contribution in [0, 0.1) is 0 Å². The summed E-state index contributed by atoms with van der Waals surface area (Å²) in [5.74, 6) is 0.590. The molecule has 1 aliphatic carbocycles. The van der Waals surface area contributed by atoms with E-state index in [9.17, 15) is 4.79 Å². The molecule has 1 aromatic carbocycles. The molecule has 0 saturated heterocycles. The number of halogens is 1. The predicted octanol–water partition coefficient (Wildman–Crippen LogP) is 4.20. The highest BCUT2D eigenvalue weighted by Crippen LogP contribution is 2.33. The lowest BCUT2D eigenvalue weighted by molar-refractivity contribution is -0.131. The number of nitrogen functional groups attached to an aromatic ring is 1. The maximum atomic E-state index is 12.5. The zero-order valence-corrected chi connectivity index (χ0v) is 14.1. The van der Waals surface area contributed by atoms with Gasteiger partial charge in [0.25, 0.3) is 0 Å². The van der Waals surface area contributed by atoms with Crippen LogP contribution < -0.4 is 5.73 Å². The summed E-state index contributed by atoms with van der Waals surface area (Å²) in [7, 11) is 0. The van der Waals surface area contributed by atoms with Gasteiger partial charge in [-0.05, 0) is 31.9 Å². The minimum atomic E-state index is 0.189. The predicted molar refractivity (Wildman–Crippen MR) is 90.8 cm³/mol. The Bertz CT molecular complexity index is 469. The number of hydrogen-bond acceptors (Lipinski definition) is 3. The Hall–Kier alpha value is -0.870. The fourth-order valence-electron chi connectivity index (χ4n) is 2.93. The van der Waals surface area contributed by atoms with Gasteiger partial charge >= 0.3 is 0 Å². The van der Waals surface area contributed by atoms with Gasteiger partial charge in [0, 0.05) is 23.2 Å². The third-order valence-corrected chi connectivity index (χ3v) is 5.58. The van der Waals surface area contributed by atoms with Crippen molar-refractivity contribution in [1.29, 1.82) is 0 Å². The molecule has 2 N–H and O–H groups in total. The van der Waals surface area contributed by atoms with E-state index in [1.807, 2.05) is 23.1 Å². The van der Waals surface area contributed by atoms with E-state index in [1.165, 1.54) is 31.0 Å². The minimum Gasteiger partial charge on any atom is -0.398 e. The summed E-state index contributed by atoms with van der Waals surface area (Å²) in [6, 6.07) is 5.87. The normalized spacial score (nSPS) is 15.9. The van der Waals surface area contributed by atoms with E-state index in [-0.39, 0.29) is 5.91 Å². The first-order chi connectivity index (χ1) is 10.1. The second-order valence-corrected chi connectivity index (χ2v) is 6.81. The number of rotatable bonds is 5. The molecule has 116 valence electrons. The molecule has 0 radical (unpaired) electrons. The van der Waals surface area contributed by atoms with Crippen molar-refractivity contribution in [3.63, 3.8) is 0 Å². The Labute approximate surface area is 136 Å². The summed E-state index contributed by atoms with van der Waals surface area (Å²) >= 11 is 7.59. The fraction of sp³-hybridized carbons (Fsp3) is 0.562. The average Bonchev–Trinajstić information content (AvgIpc) is 2.48. The zero-order chi connectivity index (χ0) is 15.2. The maximum Gasteiger partial charge on any atom is 0.233 e. The summed E-state index contributed by atoms with van der Waals surface area (Å²) in [6.45, 7) is 2.84. The summed E-state index contributed by atoms with van der Waals surface area (Å²) < 4.78 is 0. The van der Waals surface area contributed by atoms with E-state index < -0.39 is 0 Å². The van der Waals surface area contributed by atoms with Crippen LogP contribution in [-0.2, 0) is 4.79 Å². The molecule has 1 saturated carbocycles. The Balaban J connectivity index is 1.96. The monoisotopic (exact) mass is 326 g/mol. The molecule has 3 nitrogen and oxygen atoms in total. The SMILES string of the molecule is CCN(C(=O)CSc1c(N)cccc1Cl)C1CCCCC1. The van der Waals surface area contributed by atoms with Gasteiger partial charge < -0.3 is 10.6 Å². The third-order valence-electron chi connectivity index (χ3n) is 4.01. The van der Waals surface area contributed by atoms with Crippen molar-refractivity contribution < 1.29 is 4.79 Å². The van der Waals surface area contributed by atoms with E-state index >= 15 is 0 Å². The summed E-state index contributed by atoms with van der Waals surface area (Å²) in [4.78, 5) is 15.3. The molecule has 21 heavy (non-hydrogen) atoms. The van der Waals surface area contributed by atoms with E-state index in [0.717, 1.165) is 24.3 Å². The van der Waals surface area contributed by atoms with Gasteiger partial charge in [-0.15, -0.1) is 11.8 Å². The number of carbonyl (C=O) groups excluding carboxylic acids is 1. The number of carbonyl (C=O) groups is 1. The van der Waals surface area contributed by atoms with Crippen LogP contribution in [0.5, 0.6) is 0 Å². The molecule has 1 aromatic rings. The quantitative estimate of drug-likeness (QED) is 0.651. The molecule has 0 unspecified atom stereocenters. The highest BCUT2D eigenvalue weighted by Gasteiger charge is 2.24. The molecule has 0 bridgehead atoms. The molecule has 1 fully saturated rings. The first-order valence-electron chi connectivity index (χ1n) is 7.59. The number of thioether (sulfide) groups is 1. The summed E-state index contributed by atoms with van der Waals surface area (Å²) in [5, 5.41) is 0.619. The van der Waals surface area contributed by atoms with Gasteiger partial charge in [-0.3, -0.25) is 4.79 Å². The first-order valence-corrected chi connectivity index (χ1v) is 8.96. The number of nitrogens with zero attached hydrogens (tertiary/aromatic N) is 1. The van der Waals surface area contributed by atoms with Gasteiger partial charge in [-0.25, -0.2) is 0 Å². The standard InChI is InChI=1S/C16H23ClN2OS/c1-2-19(12-7-4-3-5-8-12)15(20)11-21-16-13(17)9-6-10-14(16)18/h6,9-10,12H,2-5,7-8,11,18H2,1H3. The molecular weight excluding hydrogens is 304 g/mol. The Morgan fingerprint density at radius 1 is 1.38 bits per heavy atom. The molecule has 0 aromatic heterocycles. The first kappa shape index (κ1) is 16.5. The van der Waals surface area contributed by atoms with E-state index in [1.54, 1.807) is 0 Å². The van der Waals surface area contributed by atoms with Crippen LogP contribution in [0.15, 0.2) is 23.1 Å². The largest absolute Gasteiger partial charge is 0.398 e. The molecule has 0 spiro atoms. The summed E-state index contributed by atoms with van der Waals surface area (Å²) in [6.07, 6.45) is 6.04. The van der Waals surface area contributed by atoms with Gasteiger partial charge in [0.05, 0.1) is 10.8 Å². The molecule has 5 heteroatoms. The summed E-state index contributed by atoms with van der Waals surface area (Å²) in [5.41, 5.74) is 6.57. The molecule has 0 heterocycles. The molecule has 2 rings (SSSR count). The maximum absolute atomic E-state index is 12.5. The molecule has 0 aliphatic heterocycles. The van der Waals surface area contributed by atoms with Crippen LogP contribution in [0.1, 0.15) is 39.0 Å². The van der Waals surface area contributed by atoms with Gasteiger partial charge in [0.2, 0.25) is 5.91 Å². The second-order valence-electron chi connectivity index (χ2n) is 5.42. The lowest BCUT2D eigenvalue weighted by Gasteiger charge is -2.33. The highest BCUT2D eigenvalue weighted by atomic mass is 35.5. The van der Waals surface area contributed by atoms with Crippen molar-refractivity contribution in [3.8, 4) is 0 Å². The van der Waals surface area contributed by atoms with Crippen molar-refractivity contribution >= 4 is 35.0 Å². The number of nitrogens with two attached hydrogens (primary N) is 1. The topological polar surface area (TPSA) is 46.3 Å². The van der Waals surface area contributed by atoms with Crippen LogP contribution in [0.4, 0.5) is 5.69 Å². The number of hydrogen-bond donors (Lipinski definition) is 1. The van der Waals surface area contributed by atoms with Crippen molar-refractivity contribution in [1.82, 2.24) is 4.90 Å². The Morgan fingerprint density at radius 2 is 2.10 bits per heavy atom. The highest BCUT2D eigenvalue weighted by molar-refractivity contribution is 8.00. The van der Waals surface area contributed by atoms with E-state index in [0.29, 0.717) is 22.5 Å². The van der Waals surface area contributed by atoms with Crippen molar-refractivity contribution in [2.24, 2.45) is 0 Å². The number of anilines is 1. The van der Waals surface area contributed by atoms with Crippen LogP contribution in [0.2, 0.25) is 5.02 Å². The van der Waals surface area contributed by atoms with Gasteiger partial charge in [0.15, 0.2) is 0 Å². The number of benzene rings is 1. The van der Waals surface area contributed by atoms with Crippen LogP contribution >= 0.6 is 23.4 Å². The fourth-order valence-corrected chi connectivity index (χ4v) is 4.15. The van der Waals surface area contributed by atoms with E-state index in [2.05, 4.69) is 6.92 Å². The van der Waals surface area contributed by atoms with Gasteiger partial charge in [0.1, 0.15) is 0 Å².